The van der Waals surface area contributed by atoms with E-state index in [1.165, 1.54) is 17.4 Å². The van der Waals surface area contributed by atoms with Crippen molar-refractivity contribution in [3.8, 4) is 5.75 Å². The van der Waals surface area contributed by atoms with E-state index in [1.807, 2.05) is 0 Å². The highest BCUT2D eigenvalue weighted by Crippen LogP contribution is 2.31. The summed E-state index contributed by atoms with van der Waals surface area (Å²) in [6.45, 7) is 3.37. The monoisotopic (exact) mass is 669 g/mol. The standard InChI is InChI=1S/C17H14F3N5O6S2.C10H16N2/c18-17(19,20)31-9-1-3-10(4-2-9)33(29,30)25-6-5-24(8-12(25)15(27)28)16-22-11-7-21-23-14(26)13(11)32-16;1-3-12(2)10-6-4-9(8-11)5-7-10/h1-4,7,12H,5-6,8H2,(H,23,26)(H,27,28);4-7H,3,8,11H2,1-2H3/t12-;/m1./s1. The van der Waals surface area contributed by atoms with E-state index >= 15 is 0 Å². The molecule has 1 fully saturated rings. The first-order valence-corrected chi connectivity index (χ1v) is 15.7. The highest BCUT2D eigenvalue weighted by molar-refractivity contribution is 7.89. The number of aromatic nitrogens is 3. The van der Waals surface area contributed by atoms with Gasteiger partial charge in [-0.25, -0.2) is 18.5 Å². The van der Waals surface area contributed by atoms with Crippen molar-refractivity contribution in [3.05, 3.63) is 70.6 Å². The van der Waals surface area contributed by atoms with Crippen LogP contribution in [-0.4, -0.2) is 84.6 Å². The molecule has 0 saturated carbocycles. The maximum Gasteiger partial charge on any atom is 0.573 e. The summed E-state index contributed by atoms with van der Waals surface area (Å²) < 4.78 is 67.9. The van der Waals surface area contributed by atoms with Gasteiger partial charge in [0.15, 0.2) is 5.13 Å². The first kappa shape index (κ1) is 33.6. The Morgan fingerprint density at radius 3 is 2.40 bits per heavy atom. The van der Waals surface area contributed by atoms with Crippen LogP contribution >= 0.6 is 11.3 Å². The molecule has 1 aliphatic heterocycles. The summed E-state index contributed by atoms with van der Waals surface area (Å²) >= 11 is 1.02. The Kier molecular flexibility index (Phi) is 10.3. The number of alkyl halides is 3. The van der Waals surface area contributed by atoms with E-state index in [4.69, 9.17) is 5.73 Å². The molecule has 0 aliphatic carbocycles. The smallest absolute Gasteiger partial charge is 0.480 e. The maximum atomic E-state index is 13.0. The van der Waals surface area contributed by atoms with Crippen molar-refractivity contribution in [1.29, 1.82) is 0 Å². The number of rotatable bonds is 8. The lowest BCUT2D eigenvalue weighted by molar-refractivity contribution is -0.274. The zero-order valence-electron chi connectivity index (χ0n) is 24.1. The van der Waals surface area contributed by atoms with Gasteiger partial charge in [-0.3, -0.25) is 9.59 Å². The van der Waals surface area contributed by atoms with Crippen LogP contribution in [0.5, 0.6) is 5.75 Å². The van der Waals surface area contributed by atoms with Gasteiger partial charge in [-0.1, -0.05) is 23.5 Å². The van der Waals surface area contributed by atoms with Gasteiger partial charge < -0.3 is 25.4 Å². The van der Waals surface area contributed by atoms with Crippen LogP contribution in [0, 0.1) is 0 Å². The third-order valence-corrected chi connectivity index (χ3v) is 9.89. The van der Waals surface area contributed by atoms with Gasteiger partial charge in [0, 0.05) is 45.5 Å². The number of aliphatic carboxylic acids is 1. The Morgan fingerprint density at radius 2 is 1.84 bits per heavy atom. The van der Waals surface area contributed by atoms with E-state index in [-0.39, 0.29) is 24.5 Å². The zero-order chi connectivity index (χ0) is 32.9. The van der Waals surface area contributed by atoms with Crippen molar-refractivity contribution in [1.82, 2.24) is 19.5 Å². The number of ether oxygens (including phenoxy) is 1. The van der Waals surface area contributed by atoms with Crippen molar-refractivity contribution in [2.45, 2.75) is 30.8 Å². The topological polar surface area (TPSA) is 175 Å². The number of aromatic amines is 1. The molecule has 1 aliphatic rings. The van der Waals surface area contributed by atoms with Crippen molar-refractivity contribution in [3.63, 3.8) is 0 Å². The molecule has 3 heterocycles. The molecule has 18 heteroatoms. The fraction of sp³-hybridized carbons (Fsp3) is 0.333. The molecular formula is C27H30F3N7O6S2. The van der Waals surface area contributed by atoms with Gasteiger partial charge in [-0.2, -0.15) is 9.40 Å². The van der Waals surface area contributed by atoms with Gasteiger partial charge in [0.25, 0.3) is 5.56 Å². The molecule has 45 heavy (non-hydrogen) atoms. The summed E-state index contributed by atoms with van der Waals surface area (Å²) in [7, 11) is -2.27. The quantitative estimate of drug-likeness (QED) is 0.252. The average Bonchev–Trinajstić information content (AvgIpc) is 3.46. The molecule has 1 atom stereocenters. The Balaban J connectivity index is 0.000000323. The minimum atomic E-state index is -4.94. The third kappa shape index (κ3) is 8.07. The number of fused-ring (bicyclic) bond motifs is 1. The van der Waals surface area contributed by atoms with Crippen LogP contribution in [0.1, 0.15) is 12.5 Å². The lowest BCUT2D eigenvalue weighted by Gasteiger charge is -2.38. The molecular weight excluding hydrogens is 639 g/mol. The molecule has 0 spiro atoms. The molecule has 5 rings (SSSR count). The highest BCUT2D eigenvalue weighted by Gasteiger charge is 2.41. The number of piperazine rings is 1. The second-order valence-electron chi connectivity index (χ2n) is 9.73. The molecule has 0 radical (unpaired) electrons. The molecule has 4 aromatic rings. The van der Waals surface area contributed by atoms with Gasteiger partial charge in [0.1, 0.15) is 22.0 Å². The minimum absolute atomic E-state index is 0.0729. The number of thiazole rings is 1. The van der Waals surface area contributed by atoms with Crippen LogP contribution in [0.15, 0.2) is 64.4 Å². The van der Waals surface area contributed by atoms with E-state index in [9.17, 15) is 36.3 Å². The second kappa shape index (κ2) is 13.8. The second-order valence-corrected chi connectivity index (χ2v) is 12.6. The molecule has 1 saturated heterocycles. The van der Waals surface area contributed by atoms with Crippen molar-refractivity contribution in [2.24, 2.45) is 5.73 Å². The number of nitrogens with zero attached hydrogens (tertiary/aromatic N) is 5. The molecule has 0 unspecified atom stereocenters. The molecule has 0 bridgehead atoms. The summed E-state index contributed by atoms with van der Waals surface area (Å²) in [5, 5.41) is 15.9. The predicted molar refractivity (Wildman–Crippen MR) is 162 cm³/mol. The number of nitrogens with one attached hydrogen (secondary N) is 1. The number of carbonyl (C=O) groups is 1. The third-order valence-electron chi connectivity index (χ3n) is 6.84. The first-order valence-electron chi connectivity index (χ1n) is 13.4. The Bertz CT molecular complexity index is 1780. The summed E-state index contributed by atoms with van der Waals surface area (Å²) in [5.74, 6) is -2.03. The van der Waals surface area contributed by atoms with Gasteiger partial charge in [-0.15, -0.1) is 13.2 Å². The van der Waals surface area contributed by atoms with Crippen molar-refractivity contribution < 1.29 is 36.2 Å². The number of sulfonamides is 1. The molecule has 2 aromatic heterocycles. The number of anilines is 2. The molecule has 2 aromatic carbocycles. The van der Waals surface area contributed by atoms with Crippen LogP contribution in [0.4, 0.5) is 24.0 Å². The normalized spacial score (nSPS) is 15.8. The Hall–Kier alpha value is -4.26. The lowest BCUT2D eigenvalue weighted by Crippen LogP contribution is -2.58. The minimum Gasteiger partial charge on any atom is -0.480 e. The van der Waals surface area contributed by atoms with Crippen molar-refractivity contribution in [2.75, 3.05) is 43.0 Å². The molecule has 4 N–H and O–H groups in total. The maximum absolute atomic E-state index is 13.0. The summed E-state index contributed by atoms with van der Waals surface area (Å²) in [4.78, 5) is 31.4. The number of halogens is 3. The number of carboxylic acids is 1. The molecule has 13 nitrogen and oxygen atoms in total. The van der Waals surface area contributed by atoms with E-state index < -0.39 is 39.7 Å². The van der Waals surface area contributed by atoms with Crippen molar-refractivity contribution >= 4 is 48.4 Å². The SMILES string of the molecule is CCN(C)c1ccc(CN)cc1.O=C(O)[C@H]1CN(c2nc3cn[nH]c(=O)c3s2)CCN1S(=O)(=O)c1ccc(OC(F)(F)F)cc1. The van der Waals surface area contributed by atoms with Crippen LogP contribution in [0.2, 0.25) is 0 Å². The zero-order valence-corrected chi connectivity index (χ0v) is 25.7. The van der Waals surface area contributed by atoms with Gasteiger partial charge >= 0.3 is 12.3 Å². The predicted octanol–water partition coefficient (Wildman–Crippen LogP) is 2.84. The number of hydrogen-bond donors (Lipinski definition) is 3. The van der Waals surface area contributed by atoms with Crippen LogP contribution in [-0.2, 0) is 21.4 Å². The van der Waals surface area contributed by atoms with Crippen LogP contribution in [0.25, 0.3) is 10.2 Å². The van der Waals surface area contributed by atoms with Gasteiger partial charge in [0.2, 0.25) is 10.0 Å². The van der Waals surface area contributed by atoms with Crippen LogP contribution < -0.4 is 25.8 Å². The summed E-state index contributed by atoms with van der Waals surface area (Å²) in [5.41, 5.74) is 7.79. The molecule has 0 amide bonds. The first-order chi connectivity index (χ1) is 21.2. The lowest BCUT2D eigenvalue weighted by atomic mass is 10.2. The van der Waals surface area contributed by atoms with E-state index in [2.05, 4.69) is 63.1 Å². The van der Waals surface area contributed by atoms with Gasteiger partial charge in [0.05, 0.1) is 11.1 Å². The number of H-pyrrole nitrogens is 1. The van der Waals surface area contributed by atoms with E-state index in [0.717, 1.165) is 46.5 Å². The number of carboxylic acid groups (broad SMARTS) is 1. The fourth-order valence-electron chi connectivity index (χ4n) is 4.36. The number of hydrogen-bond acceptors (Lipinski definition) is 11. The van der Waals surface area contributed by atoms with E-state index in [1.54, 1.807) is 4.90 Å². The number of benzene rings is 2. The summed E-state index contributed by atoms with van der Waals surface area (Å²) in [6.07, 6.45) is -3.59. The molecule has 242 valence electrons. The average molecular weight is 670 g/mol. The van der Waals surface area contributed by atoms with E-state index in [0.29, 0.717) is 21.9 Å². The highest BCUT2D eigenvalue weighted by atomic mass is 32.2. The Labute approximate surface area is 259 Å². The Morgan fingerprint density at radius 1 is 1.18 bits per heavy atom. The fourth-order valence-corrected chi connectivity index (χ4v) is 6.88. The van der Waals surface area contributed by atoms with Crippen LogP contribution in [0.3, 0.4) is 0 Å². The van der Waals surface area contributed by atoms with Gasteiger partial charge in [-0.05, 0) is 48.9 Å². The largest absolute Gasteiger partial charge is 0.573 e. The summed E-state index contributed by atoms with van der Waals surface area (Å²) in [6, 6.07) is 10.3. The number of nitrogens with two attached hydrogens (primary N) is 1.